The van der Waals surface area contributed by atoms with Crippen molar-refractivity contribution < 1.29 is 9.18 Å². The van der Waals surface area contributed by atoms with Crippen LogP contribution in [-0.2, 0) is 4.79 Å². The number of nitrogens with one attached hydrogen (secondary N) is 1. The van der Waals surface area contributed by atoms with Crippen LogP contribution < -0.4 is 10.2 Å². The Labute approximate surface area is 162 Å². The van der Waals surface area contributed by atoms with E-state index in [2.05, 4.69) is 21.3 Å². The van der Waals surface area contributed by atoms with Gasteiger partial charge >= 0.3 is 0 Å². The van der Waals surface area contributed by atoms with E-state index < -0.39 is 0 Å². The topological polar surface area (TPSA) is 45.2 Å². The predicted molar refractivity (Wildman–Crippen MR) is 109 cm³/mol. The van der Waals surface area contributed by atoms with E-state index in [9.17, 15) is 9.18 Å². The molecule has 1 amide bonds. The molecule has 1 saturated heterocycles. The highest BCUT2D eigenvalue weighted by molar-refractivity contribution is 7.22. The molecule has 3 aromatic rings. The van der Waals surface area contributed by atoms with Gasteiger partial charge in [-0.1, -0.05) is 17.4 Å². The van der Waals surface area contributed by atoms with Gasteiger partial charge in [0.15, 0.2) is 5.13 Å². The molecule has 2 aromatic carbocycles. The molecule has 1 aromatic heterocycles. The first-order valence-corrected chi connectivity index (χ1v) is 10.00. The number of piperidine rings is 1. The highest BCUT2D eigenvalue weighted by Crippen LogP contribution is 2.32. The number of benzene rings is 2. The van der Waals surface area contributed by atoms with Crippen LogP contribution in [0.2, 0.25) is 0 Å². The van der Waals surface area contributed by atoms with Crippen LogP contribution in [0.5, 0.6) is 0 Å². The van der Waals surface area contributed by atoms with Crippen LogP contribution in [0.15, 0.2) is 36.4 Å². The molecule has 1 fully saturated rings. The van der Waals surface area contributed by atoms with Crippen molar-refractivity contribution in [1.82, 2.24) is 4.98 Å². The van der Waals surface area contributed by atoms with Gasteiger partial charge in [-0.05, 0) is 68.1 Å². The molecule has 4 rings (SSSR count). The molecule has 0 aliphatic carbocycles. The maximum atomic E-state index is 13.4. The third-order valence-corrected chi connectivity index (χ3v) is 5.97. The largest absolute Gasteiger partial charge is 0.347 e. The number of rotatable bonds is 3. The first-order chi connectivity index (χ1) is 13.0. The lowest BCUT2D eigenvalue weighted by Gasteiger charge is -2.31. The summed E-state index contributed by atoms with van der Waals surface area (Å²) in [5, 5.41) is 3.93. The second kappa shape index (κ2) is 7.27. The fourth-order valence-corrected chi connectivity index (χ4v) is 4.70. The first kappa shape index (κ1) is 17.9. The van der Waals surface area contributed by atoms with E-state index in [1.807, 2.05) is 26.0 Å². The minimum absolute atomic E-state index is 0.0526. The zero-order valence-corrected chi connectivity index (χ0v) is 16.3. The molecule has 1 N–H and O–H groups in total. The monoisotopic (exact) mass is 383 g/mol. The fourth-order valence-electron chi connectivity index (χ4n) is 3.68. The van der Waals surface area contributed by atoms with Crippen molar-refractivity contribution in [2.45, 2.75) is 26.7 Å². The molecule has 0 bridgehead atoms. The lowest BCUT2D eigenvalue weighted by Crippen LogP contribution is -2.40. The Kier molecular flexibility index (Phi) is 4.83. The van der Waals surface area contributed by atoms with Crippen molar-refractivity contribution in [3.63, 3.8) is 0 Å². The molecule has 1 unspecified atom stereocenters. The fraction of sp³-hybridized carbons (Fsp3) is 0.333. The second-order valence-electron chi connectivity index (χ2n) is 7.26. The number of carbonyl (C=O) groups is 1. The number of nitrogens with zero attached hydrogens (tertiary/aromatic N) is 2. The molecule has 1 aliphatic rings. The number of hydrogen-bond acceptors (Lipinski definition) is 4. The molecular weight excluding hydrogens is 361 g/mol. The van der Waals surface area contributed by atoms with Gasteiger partial charge < -0.3 is 10.2 Å². The summed E-state index contributed by atoms with van der Waals surface area (Å²) in [7, 11) is 0. The number of anilines is 2. The molecule has 0 spiro atoms. The van der Waals surface area contributed by atoms with Gasteiger partial charge in [0.2, 0.25) is 5.91 Å². The Morgan fingerprint density at radius 2 is 2.00 bits per heavy atom. The lowest BCUT2D eigenvalue weighted by molar-refractivity contribution is -0.120. The standard InChI is InChI=1S/C21H22FN3OS/c1-13-8-14(2)10-17(9-13)23-20(26)15-4-3-7-25(12-15)21-24-18-6-5-16(22)11-19(18)27-21/h5-6,8-11,15H,3-4,7,12H2,1-2H3,(H,23,26). The first-order valence-electron chi connectivity index (χ1n) is 9.18. The highest BCUT2D eigenvalue weighted by atomic mass is 32.1. The second-order valence-corrected chi connectivity index (χ2v) is 8.27. The number of thiazole rings is 1. The SMILES string of the molecule is Cc1cc(C)cc(NC(=O)C2CCCN(c3nc4ccc(F)cc4s3)C2)c1. The van der Waals surface area contributed by atoms with E-state index in [0.717, 1.165) is 51.5 Å². The molecule has 0 saturated carbocycles. The molecule has 1 aliphatic heterocycles. The van der Waals surface area contributed by atoms with E-state index in [0.29, 0.717) is 6.54 Å². The van der Waals surface area contributed by atoms with Gasteiger partial charge in [-0.2, -0.15) is 0 Å². The van der Waals surface area contributed by atoms with Crippen LogP contribution in [0.3, 0.4) is 0 Å². The van der Waals surface area contributed by atoms with Gasteiger partial charge in [-0.25, -0.2) is 9.37 Å². The zero-order valence-electron chi connectivity index (χ0n) is 15.5. The maximum absolute atomic E-state index is 13.4. The van der Waals surface area contributed by atoms with Gasteiger partial charge in [0.05, 0.1) is 16.1 Å². The molecular formula is C21H22FN3OS. The lowest BCUT2D eigenvalue weighted by atomic mass is 9.97. The summed E-state index contributed by atoms with van der Waals surface area (Å²) in [5.41, 5.74) is 3.93. The Morgan fingerprint density at radius 1 is 1.22 bits per heavy atom. The summed E-state index contributed by atoms with van der Waals surface area (Å²) in [5.74, 6) is -0.276. The number of halogens is 1. The summed E-state index contributed by atoms with van der Waals surface area (Å²) < 4.78 is 14.3. The number of amides is 1. The number of aromatic nitrogens is 1. The zero-order chi connectivity index (χ0) is 19.0. The minimum atomic E-state index is -0.248. The molecule has 2 heterocycles. The highest BCUT2D eigenvalue weighted by Gasteiger charge is 2.27. The number of hydrogen-bond donors (Lipinski definition) is 1. The normalized spacial score (nSPS) is 17.3. The van der Waals surface area contributed by atoms with Crippen LogP contribution in [-0.4, -0.2) is 24.0 Å². The smallest absolute Gasteiger partial charge is 0.229 e. The Bertz CT molecular complexity index is 980. The van der Waals surface area contributed by atoms with Crippen LogP contribution in [0, 0.1) is 25.6 Å². The van der Waals surface area contributed by atoms with Crippen LogP contribution >= 0.6 is 11.3 Å². The van der Waals surface area contributed by atoms with Crippen LogP contribution in [0.1, 0.15) is 24.0 Å². The summed E-state index contributed by atoms with van der Waals surface area (Å²) in [4.78, 5) is 19.6. The maximum Gasteiger partial charge on any atom is 0.229 e. The van der Waals surface area contributed by atoms with Crippen LogP contribution in [0.4, 0.5) is 15.2 Å². The summed E-state index contributed by atoms with van der Waals surface area (Å²) in [6.45, 7) is 5.57. The Morgan fingerprint density at radius 3 is 2.78 bits per heavy atom. The van der Waals surface area contributed by atoms with Gasteiger partial charge in [-0.3, -0.25) is 4.79 Å². The van der Waals surface area contributed by atoms with Crippen molar-refractivity contribution in [2.75, 3.05) is 23.3 Å². The van der Waals surface area contributed by atoms with Crippen LogP contribution in [0.25, 0.3) is 10.2 Å². The van der Waals surface area contributed by atoms with E-state index in [1.54, 1.807) is 6.07 Å². The van der Waals surface area contributed by atoms with Crippen molar-refractivity contribution >= 4 is 38.3 Å². The van der Waals surface area contributed by atoms with E-state index >= 15 is 0 Å². The summed E-state index contributed by atoms with van der Waals surface area (Å²) in [6, 6.07) is 10.7. The van der Waals surface area contributed by atoms with Crippen molar-refractivity contribution in [2.24, 2.45) is 5.92 Å². The van der Waals surface area contributed by atoms with Crippen molar-refractivity contribution in [3.8, 4) is 0 Å². The van der Waals surface area contributed by atoms with E-state index in [-0.39, 0.29) is 17.6 Å². The summed E-state index contributed by atoms with van der Waals surface area (Å²) >= 11 is 1.48. The van der Waals surface area contributed by atoms with Crippen molar-refractivity contribution in [1.29, 1.82) is 0 Å². The third-order valence-electron chi connectivity index (χ3n) is 4.89. The van der Waals surface area contributed by atoms with Crippen molar-refractivity contribution in [3.05, 3.63) is 53.3 Å². The Hall–Kier alpha value is -2.47. The third kappa shape index (κ3) is 3.95. The number of aryl methyl sites for hydroxylation is 2. The molecule has 140 valence electrons. The average molecular weight is 383 g/mol. The van der Waals surface area contributed by atoms with Gasteiger partial charge in [-0.15, -0.1) is 0 Å². The molecule has 4 nitrogen and oxygen atoms in total. The quantitative estimate of drug-likeness (QED) is 0.699. The minimum Gasteiger partial charge on any atom is -0.347 e. The molecule has 1 atom stereocenters. The molecule has 0 radical (unpaired) electrons. The van der Waals surface area contributed by atoms with E-state index in [4.69, 9.17) is 0 Å². The van der Waals surface area contributed by atoms with Gasteiger partial charge in [0.25, 0.3) is 0 Å². The predicted octanol–water partition coefficient (Wildman–Crippen LogP) is 4.91. The Balaban J connectivity index is 1.48. The molecule has 27 heavy (non-hydrogen) atoms. The van der Waals surface area contributed by atoms with E-state index in [1.165, 1.54) is 23.5 Å². The summed E-state index contributed by atoms with van der Waals surface area (Å²) in [6.07, 6.45) is 1.81. The molecule has 6 heteroatoms. The number of carbonyl (C=O) groups excluding carboxylic acids is 1. The van der Waals surface area contributed by atoms with Gasteiger partial charge in [0.1, 0.15) is 5.82 Å². The number of fused-ring (bicyclic) bond motifs is 1. The average Bonchev–Trinajstić information content (AvgIpc) is 3.04. The van der Waals surface area contributed by atoms with Gasteiger partial charge in [0, 0.05) is 18.8 Å².